The van der Waals surface area contributed by atoms with Crippen molar-refractivity contribution in [3.63, 3.8) is 0 Å². The Hall–Kier alpha value is -5.86. The molecule has 0 bridgehead atoms. The lowest BCUT2D eigenvalue weighted by molar-refractivity contribution is 1.11. The lowest BCUT2D eigenvalue weighted by Crippen LogP contribution is -2.15. The molecule has 0 aliphatic heterocycles. The van der Waals surface area contributed by atoms with Crippen LogP contribution in [0.4, 0.5) is 28.4 Å². The Kier molecular flexibility index (Phi) is 7.61. The molecule has 0 aromatic heterocycles. The first-order chi connectivity index (χ1) is 23.2. The van der Waals surface area contributed by atoms with Crippen LogP contribution in [0.2, 0.25) is 0 Å². The summed E-state index contributed by atoms with van der Waals surface area (Å²) in [5, 5.41) is 0. The molecule has 0 N–H and O–H groups in total. The van der Waals surface area contributed by atoms with Crippen LogP contribution < -0.4 is 9.80 Å². The Morgan fingerprint density at radius 3 is 1.53 bits per heavy atom. The third kappa shape index (κ3) is 5.71. The SMILES string of the molecule is C=C1/C=C(N(c2ccccc2)c2ccccc2)\C=C/Cc2cc3c(cc2C1)-c1ccc(N(c2ccccc2)c2ccccc2)cc1C3. The van der Waals surface area contributed by atoms with Crippen molar-refractivity contribution in [3.05, 3.63) is 210 Å². The molecule has 6 aromatic carbocycles. The standard InChI is InChI=1S/C45H36N2/c1-33-27-35-32-45-36(29-34(35)15-14-24-42(28-33)46(38-16-6-2-7-17-38)39-18-8-3-9-19-39)30-37-31-43(25-26-44(37)45)47(40-20-10-4-11-21-40)41-22-12-5-13-23-41/h2-14,16-26,28-29,31-32H,1,15,27,30H2/b24-14-,42-28+. The van der Waals surface area contributed by atoms with Crippen molar-refractivity contribution in [2.24, 2.45) is 0 Å². The summed E-state index contributed by atoms with van der Waals surface area (Å²) >= 11 is 0. The van der Waals surface area contributed by atoms with Gasteiger partial charge in [0, 0.05) is 34.1 Å². The Morgan fingerprint density at radius 1 is 0.426 bits per heavy atom. The van der Waals surface area contributed by atoms with E-state index in [0.29, 0.717) is 0 Å². The van der Waals surface area contributed by atoms with Gasteiger partial charge in [-0.25, -0.2) is 0 Å². The fourth-order valence-corrected chi connectivity index (χ4v) is 7.03. The van der Waals surface area contributed by atoms with E-state index in [-0.39, 0.29) is 0 Å². The highest BCUT2D eigenvalue weighted by Gasteiger charge is 2.23. The van der Waals surface area contributed by atoms with Crippen LogP contribution >= 0.6 is 0 Å². The average molecular weight is 605 g/mol. The van der Waals surface area contributed by atoms with Gasteiger partial charge in [-0.05, 0) is 131 Å². The number of fused-ring (bicyclic) bond motifs is 4. The van der Waals surface area contributed by atoms with Gasteiger partial charge in [0.05, 0.1) is 0 Å². The summed E-state index contributed by atoms with van der Waals surface area (Å²) in [6.07, 6.45) is 9.45. The monoisotopic (exact) mass is 604 g/mol. The van der Waals surface area contributed by atoms with E-state index in [0.717, 1.165) is 53.3 Å². The predicted molar refractivity (Wildman–Crippen MR) is 198 cm³/mol. The molecule has 0 spiro atoms. The minimum absolute atomic E-state index is 0.814. The molecule has 0 amide bonds. The van der Waals surface area contributed by atoms with Crippen molar-refractivity contribution < 1.29 is 0 Å². The van der Waals surface area contributed by atoms with E-state index < -0.39 is 0 Å². The Bertz CT molecular complexity index is 2030. The predicted octanol–water partition coefficient (Wildman–Crippen LogP) is 11.7. The second-order valence-corrected chi connectivity index (χ2v) is 12.3. The zero-order valence-electron chi connectivity index (χ0n) is 26.4. The second-order valence-electron chi connectivity index (χ2n) is 12.3. The van der Waals surface area contributed by atoms with Gasteiger partial charge in [-0.1, -0.05) is 104 Å². The summed E-state index contributed by atoms with van der Waals surface area (Å²) in [5.74, 6) is 0. The van der Waals surface area contributed by atoms with Gasteiger partial charge in [-0.2, -0.15) is 0 Å². The minimum Gasteiger partial charge on any atom is -0.311 e. The first kappa shape index (κ1) is 28.6. The highest BCUT2D eigenvalue weighted by atomic mass is 15.1. The normalized spacial score (nSPS) is 15.1. The zero-order valence-corrected chi connectivity index (χ0v) is 26.4. The van der Waals surface area contributed by atoms with Crippen LogP contribution in [0.5, 0.6) is 0 Å². The van der Waals surface area contributed by atoms with Crippen LogP contribution in [-0.2, 0) is 19.3 Å². The van der Waals surface area contributed by atoms with E-state index in [2.05, 4.69) is 186 Å². The van der Waals surface area contributed by atoms with Gasteiger partial charge in [0.1, 0.15) is 0 Å². The summed E-state index contributed by atoms with van der Waals surface area (Å²) in [5.41, 5.74) is 16.2. The van der Waals surface area contributed by atoms with Crippen molar-refractivity contribution in [1.29, 1.82) is 0 Å². The Morgan fingerprint density at radius 2 is 0.957 bits per heavy atom. The molecule has 0 fully saturated rings. The lowest BCUT2D eigenvalue weighted by atomic mass is 9.93. The maximum Gasteiger partial charge on any atom is 0.0464 e. The Balaban J connectivity index is 1.13. The maximum absolute atomic E-state index is 4.56. The number of anilines is 5. The van der Waals surface area contributed by atoms with Crippen LogP contribution in [0.1, 0.15) is 22.3 Å². The summed E-state index contributed by atoms with van der Waals surface area (Å²) in [7, 11) is 0. The maximum atomic E-state index is 4.56. The van der Waals surface area contributed by atoms with Crippen LogP contribution in [-0.4, -0.2) is 0 Å². The van der Waals surface area contributed by atoms with E-state index in [1.165, 1.54) is 39.1 Å². The number of allylic oxidation sites excluding steroid dienone is 4. The van der Waals surface area contributed by atoms with Gasteiger partial charge in [0.2, 0.25) is 0 Å². The number of hydrogen-bond donors (Lipinski definition) is 0. The van der Waals surface area contributed by atoms with E-state index >= 15 is 0 Å². The minimum atomic E-state index is 0.814. The van der Waals surface area contributed by atoms with E-state index in [4.69, 9.17) is 0 Å². The van der Waals surface area contributed by atoms with E-state index in [1.807, 2.05) is 0 Å². The summed E-state index contributed by atoms with van der Waals surface area (Å²) < 4.78 is 0. The second kappa shape index (κ2) is 12.5. The molecule has 2 aliphatic carbocycles. The number of para-hydroxylation sites is 4. The Labute approximate surface area is 277 Å². The van der Waals surface area contributed by atoms with Crippen LogP contribution in [0.25, 0.3) is 11.1 Å². The molecule has 8 rings (SSSR count). The molecule has 226 valence electrons. The molecule has 2 aliphatic rings. The van der Waals surface area contributed by atoms with Crippen molar-refractivity contribution in [2.45, 2.75) is 19.3 Å². The molecule has 2 nitrogen and oxygen atoms in total. The first-order valence-electron chi connectivity index (χ1n) is 16.4. The van der Waals surface area contributed by atoms with E-state index in [1.54, 1.807) is 0 Å². The summed E-state index contributed by atoms with van der Waals surface area (Å²) in [6.45, 7) is 4.56. The highest BCUT2D eigenvalue weighted by Crippen LogP contribution is 2.43. The first-order valence-corrected chi connectivity index (χ1v) is 16.4. The number of rotatable bonds is 6. The number of hydrogen-bond acceptors (Lipinski definition) is 2. The largest absolute Gasteiger partial charge is 0.311 e. The zero-order chi connectivity index (χ0) is 31.6. The van der Waals surface area contributed by atoms with Gasteiger partial charge in [0.25, 0.3) is 0 Å². The molecule has 0 heterocycles. The molecular formula is C45H36N2. The van der Waals surface area contributed by atoms with Gasteiger partial charge in [-0.3, -0.25) is 0 Å². The molecule has 47 heavy (non-hydrogen) atoms. The molecule has 2 heteroatoms. The molecule has 0 unspecified atom stereocenters. The highest BCUT2D eigenvalue weighted by molar-refractivity contribution is 5.84. The topological polar surface area (TPSA) is 6.48 Å². The van der Waals surface area contributed by atoms with Crippen LogP contribution in [0, 0.1) is 0 Å². The van der Waals surface area contributed by atoms with Gasteiger partial charge >= 0.3 is 0 Å². The van der Waals surface area contributed by atoms with Gasteiger partial charge in [0.15, 0.2) is 0 Å². The molecule has 0 saturated heterocycles. The quantitative estimate of drug-likeness (QED) is 0.186. The number of nitrogens with zero attached hydrogens (tertiary/aromatic N) is 2. The van der Waals surface area contributed by atoms with Crippen molar-refractivity contribution in [3.8, 4) is 11.1 Å². The fraction of sp³-hybridized carbons (Fsp3) is 0.0667. The lowest BCUT2D eigenvalue weighted by Gasteiger charge is -2.26. The van der Waals surface area contributed by atoms with Crippen LogP contribution in [0.3, 0.4) is 0 Å². The summed E-state index contributed by atoms with van der Waals surface area (Å²) in [6, 6.07) is 54.3. The average Bonchev–Trinajstić information content (AvgIpc) is 3.49. The van der Waals surface area contributed by atoms with Crippen molar-refractivity contribution in [1.82, 2.24) is 0 Å². The molecule has 0 atom stereocenters. The smallest absolute Gasteiger partial charge is 0.0464 e. The summed E-state index contributed by atoms with van der Waals surface area (Å²) in [4.78, 5) is 4.67. The van der Waals surface area contributed by atoms with E-state index in [9.17, 15) is 0 Å². The molecule has 6 aromatic rings. The number of benzene rings is 6. The van der Waals surface area contributed by atoms with Crippen molar-refractivity contribution in [2.75, 3.05) is 9.80 Å². The third-order valence-electron chi connectivity index (χ3n) is 9.16. The molecular weight excluding hydrogens is 569 g/mol. The van der Waals surface area contributed by atoms with Gasteiger partial charge < -0.3 is 9.80 Å². The van der Waals surface area contributed by atoms with Crippen LogP contribution in [0.15, 0.2) is 188 Å². The molecule has 0 saturated carbocycles. The molecule has 0 radical (unpaired) electrons. The van der Waals surface area contributed by atoms with Crippen molar-refractivity contribution >= 4 is 28.4 Å². The van der Waals surface area contributed by atoms with Gasteiger partial charge in [-0.15, -0.1) is 0 Å². The third-order valence-corrected chi connectivity index (χ3v) is 9.16. The fourth-order valence-electron chi connectivity index (χ4n) is 7.03.